The zero-order chi connectivity index (χ0) is 13.7. The van der Waals surface area contributed by atoms with Gasteiger partial charge in [0.25, 0.3) is 0 Å². The van der Waals surface area contributed by atoms with Gasteiger partial charge in [-0.3, -0.25) is 4.79 Å². The van der Waals surface area contributed by atoms with E-state index in [1.165, 1.54) is 11.6 Å². The Morgan fingerprint density at radius 2 is 2.05 bits per heavy atom. The van der Waals surface area contributed by atoms with Crippen molar-refractivity contribution in [3.05, 3.63) is 51.9 Å². The van der Waals surface area contributed by atoms with Crippen LogP contribution in [0.1, 0.15) is 17.7 Å². The van der Waals surface area contributed by atoms with Gasteiger partial charge in [-0.25, -0.2) is 5.10 Å². The first-order valence-corrected chi connectivity index (χ1v) is 6.23. The maximum Gasteiger partial charge on any atom is 0.306 e. The lowest BCUT2D eigenvalue weighted by Crippen LogP contribution is -2.10. The predicted octanol–water partition coefficient (Wildman–Crippen LogP) is 1.83. The van der Waals surface area contributed by atoms with Gasteiger partial charge in [-0.05, 0) is 31.9 Å². The number of nitrogens with zero attached hydrogens (tertiary/aromatic N) is 1. The lowest BCUT2D eigenvalue weighted by molar-refractivity contribution is 0.462. The number of rotatable bonds is 5. The minimum Gasteiger partial charge on any atom is -0.503 e. The molecule has 0 amide bonds. The van der Waals surface area contributed by atoms with Gasteiger partial charge in [0.2, 0.25) is 0 Å². The van der Waals surface area contributed by atoms with Gasteiger partial charge in [-0.2, -0.15) is 5.10 Å². The molecule has 2 rings (SSSR count). The molecule has 0 bridgehead atoms. The minimum absolute atomic E-state index is 0.281. The average Bonchev–Trinajstić information content (AvgIpc) is 2.41. The number of aromatic nitrogens is 2. The van der Waals surface area contributed by atoms with E-state index >= 15 is 0 Å². The van der Waals surface area contributed by atoms with E-state index in [1.807, 2.05) is 12.1 Å². The number of nitrogens with one attached hydrogen (secondary N) is 2. The summed E-state index contributed by atoms with van der Waals surface area (Å²) < 4.78 is 0. The Balaban J connectivity index is 1.79. The van der Waals surface area contributed by atoms with Crippen molar-refractivity contribution in [1.82, 2.24) is 10.2 Å². The molecule has 0 fully saturated rings. The average molecular weight is 259 g/mol. The normalized spacial score (nSPS) is 10.4. The van der Waals surface area contributed by atoms with Crippen molar-refractivity contribution in [2.24, 2.45) is 0 Å². The lowest BCUT2D eigenvalue weighted by atomic mass is 10.2. The van der Waals surface area contributed by atoms with Crippen molar-refractivity contribution >= 4 is 5.69 Å². The Labute approximate surface area is 111 Å². The Bertz CT molecular complexity index is 590. The van der Waals surface area contributed by atoms with Gasteiger partial charge in [0.05, 0.1) is 5.69 Å². The molecule has 1 aromatic carbocycles. The maximum absolute atomic E-state index is 10.9. The van der Waals surface area contributed by atoms with Crippen LogP contribution in [0.15, 0.2) is 35.1 Å². The summed E-state index contributed by atoms with van der Waals surface area (Å²) in [5.74, 6) is -0.281. The number of benzene rings is 1. The molecule has 5 nitrogen and oxygen atoms in total. The van der Waals surface area contributed by atoms with Crippen LogP contribution >= 0.6 is 0 Å². The van der Waals surface area contributed by atoms with Gasteiger partial charge in [-0.1, -0.05) is 17.7 Å². The van der Waals surface area contributed by atoms with Crippen LogP contribution in [0.5, 0.6) is 5.75 Å². The molecule has 100 valence electrons. The molecule has 0 aliphatic rings. The Morgan fingerprint density at radius 3 is 2.74 bits per heavy atom. The summed E-state index contributed by atoms with van der Waals surface area (Å²) in [4.78, 5) is 10.9. The number of aromatic hydroxyl groups is 1. The molecule has 0 aliphatic heterocycles. The van der Waals surface area contributed by atoms with E-state index in [9.17, 15) is 9.90 Å². The standard InChI is InChI=1S/C14H17N3O2/c1-10-4-6-11(7-5-10)15-8-2-3-12-9-13(18)14(19)17-16-12/h4-7,9,15H,2-3,8H2,1H3,(H,16,18)(H,17,19). The predicted molar refractivity (Wildman–Crippen MR) is 74.5 cm³/mol. The summed E-state index contributed by atoms with van der Waals surface area (Å²) in [6.07, 6.45) is 1.57. The van der Waals surface area contributed by atoms with E-state index in [-0.39, 0.29) is 5.75 Å². The summed E-state index contributed by atoms with van der Waals surface area (Å²) in [6, 6.07) is 9.61. The molecule has 0 aliphatic carbocycles. The second-order valence-electron chi connectivity index (χ2n) is 4.47. The smallest absolute Gasteiger partial charge is 0.306 e. The molecular weight excluding hydrogens is 242 g/mol. The van der Waals surface area contributed by atoms with Crippen molar-refractivity contribution in [3.8, 4) is 5.75 Å². The van der Waals surface area contributed by atoms with Crippen LogP contribution in [0.2, 0.25) is 0 Å². The van der Waals surface area contributed by atoms with Crippen LogP contribution in [0, 0.1) is 6.92 Å². The van der Waals surface area contributed by atoms with Crippen LogP contribution in [0.4, 0.5) is 5.69 Å². The summed E-state index contributed by atoms with van der Waals surface area (Å²) in [6.45, 7) is 2.86. The SMILES string of the molecule is Cc1ccc(NCCCc2cc(O)c(=O)[nH]n2)cc1. The number of hydrogen-bond acceptors (Lipinski definition) is 4. The summed E-state index contributed by atoms with van der Waals surface area (Å²) in [5, 5.41) is 18.7. The van der Waals surface area contributed by atoms with Crippen LogP contribution in [0.25, 0.3) is 0 Å². The number of hydrogen-bond donors (Lipinski definition) is 3. The fourth-order valence-electron chi connectivity index (χ4n) is 1.74. The summed E-state index contributed by atoms with van der Waals surface area (Å²) in [5.41, 5.74) is 2.45. The van der Waals surface area contributed by atoms with Crippen molar-refractivity contribution in [2.45, 2.75) is 19.8 Å². The van der Waals surface area contributed by atoms with Gasteiger partial charge in [0, 0.05) is 18.3 Å². The van der Waals surface area contributed by atoms with Crippen LogP contribution in [0.3, 0.4) is 0 Å². The zero-order valence-corrected chi connectivity index (χ0v) is 10.8. The Morgan fingerprint density at radius 1 is 1.32 bits per heavy atom. The van der Waals surface area contributed by atoms with Crippen LogP contribution in [-0.2, 0) is 6.42 Å². The third-order valence-electron chi connectivity index (χ3n) is 2.83. The monoisotopic (exact) mass is 259 g/mol. The second kappa shape index (κ2) is 6.04. The van der Waals surface area contributed by atoms with E-state index in [2.05, 4.69) is 34.6 Å². The lowest BCUT2D eigenvalue weighted by Gasteiger charge is -2.06. The highest BCUT2D eigenvalue weighted by molar-refractivity contribution is 5.44. The van der Waals surface area contributed by atoms with Crippen LogP contribution < -0.4 is 10.9 Å². The van der Waals surface area contributed by atoms with Gasteiger partial charge >= 0.3 is 5.56 Å². The van der Waals surface area contributed by atoms with Gasteiger partial charge in [0.1, 0.15) is 0 Å². The summed E-state index contributed by atoms with van der Waals surface area (Å²) >= 11 is 0. The molecule has 0 atom stereocenters. The number of aromatic amines is 1. The molecule has 0 saturated carbocycles. The number of H-pyrrole nitrogens is 1. The molecule has 0 saturated heterocycles. The minimum atomic E-state index is -0.554. The van der Waals surface area contributed by atoms with Gasteiger partial charge in [0.15, 0.2) is 5.75 Å². The molecule has 1 heterocycles. The molecule has 0 radical (unpaired) electrons. The highest BCUT2D eigenvalue weighted by atomic mass is 16.3. The van der Waals surface area contributed by atoms with E-state index in [0.29, 0.717) is 12.1 Å². The van der Waals surface area contributed by atoms with Gasteiger partial charge in [-0.15, -0.1) is 0 Å². The van der Waals surface area contributed by atoms with E-state index in [1.54, 1.807) is 0 Å². The highest BCUT2D eigenvalue weighted by Gasteiger charge is 2.00. The van der Waals surface area contributed by atoms with E-state index in [4.69, 9.17) is 0 Å². The number of aryl methyl sites for hydroxylation is 2. The highest BCUT2D eigenvalue weighted by Crippen LogP contribution is 2.09. The Hall–Kier alpha value is -2.30. The van der Waals surface area contributed by atoms with Crippen molar-refractivity contribution < 1.29 is 5.11 Å². The van der Waals surface area contributed by atoms with Gasteiger partial charge < -0.3 is 10.4 Å². The van der Waals surface area contributed by atoms with E-state index in [0.717, 1.165) is 18.7 Å². The molecule has 1 aromatic heterocycles. The second-order valence-corrected chi connectivity index (χ2v) is 4.47. The number of anilines is 1. The molecule has 0 spiro atoms. The maximum atomic E-state index is 10.9. The first-order chi connectivity index (χ1) is 9.15. The fourth-order valence-corrected chi connectivity index (χ4v) is 1.74. The van der Waals surface area contributed by atoms with Crippen LogP contribution in [-0.4, -0.2) is 21.8 Å². The van der Waals surface area contributed by atoms with Crippen molar-refractivity contribution in [1.29, 1.82) is 0 Å². The topological polar surface area (TPSA) is 78.0 Å². The fraction of sp³-hybridized carbons (Fsp3) is 0.286. The molecule has 19 heavy (non-hydrogen) atoms. The van der Waals surface area contributed by atoms with Crippen molar-refractivity contribution in [3.63, 3.8) is 0 Å². The molecular formula is C14H17N3O2. The summed E-state index contributed by atoms with van der Waals surface area (Å²) in [7, 11) is 0. The molecule has 5 heteroatoms. The third-order valence-corrected chi connectivity index (χ3v) is 2.83. The van der Waals surface area contributed by atoms with Crippen molar-refractivity contribution in [2.75, 3.05) is 11.9 Å². The molecule has 0 unspecified atom stereocenters. The molecule has 2 aromatic rings. The largest absolute Gasteiger partial charge is 0.503 e. The quantitative estimate of drug-likeness (QED) is 0.716. The zero-order valence-electron chi connectivity index (χ0n) is 10.8. The Kier molecular flexibility index (Phi) is 4.18. The first kappa shape index (κ1) is 13.1. The third kappa shape index (κ3) is 3.84. The van der Waals surface area contributed by atoms with E-state index < -0.39 is 5.56 Å². The first-order valence-electron chi connectivity index (χ1n) is 6.23. The molecule has 3 N–H and O–H groups in total.